The van der Waals surface area contributed by atoms with Gasteiger partial charge in [-0.2, -0.15) is 0 Å². The van der Waals surface area contributed by atoms with Crippen molar-refractivity contribution >= 4 is 23.2 Å². The van der Waals surface area contributed by atoms with Crippen molar-refractivity contribution < 1.29 is 14.1 Å². The van der Waals surface area contributed by atoms with Gasteiger partial charge in [0.2, 0.25) is 0 Å². The average molecular weight is 365 g/mol. The molecule has 2 aromatic rings. The van der Waals surface area contributed by atoms with Gasteiger partial charge in [-0.15, -0.1) is 0 Å². The highest BCUT2D eigenvalue weighted by atomic mass is 16.5. The number of anilines is 1. The van der Waals surface area contributed by atoms with Crippen LogP contribution in [-0.4, -0.2) is 36.6 Å². The Morgan fingerprint density at radius 1 is 0.889 bits per heavy atom. The van der Waals surface area contributed by atoms with Gasteiger partial charge in [-0.3, -0.25) is 0 Å². The third-order valence-corrected chi connectivity index (χ3v) is 5.24. The minimum Gasteiger partial charge on any atom is -0.460 e. The maximum atomic E-state index is 12.8. The molecule has 0 radical (unpaired) electrons. The molecule has 4 heteroatoms. The molecule has 3 rings (SSSR count). The Kier molecular flexibility index (Phi) is 5.09. The molecule has 0 bridgehead atoms. The van der Waals surface area contributed by atoms with Gasteiger partial charge in [0.1, 0.15) is 24.5 Å². The number of amidine groups is 1. The van der Waals surface area contributed by atoms with Gasteiger partial charge >= 0.3 is 11.8 Å². The predicted molar refractivity (Wildman–Crippen MR) is 110 cm³/mol. The van der Waals surface area contributed by atoms with Crippen molar-refractivity contribution in [3.8, 4) is 0 Å². The lowest BCUT2D eigenvalue weighted by Crippen LogP contribution is -2.37. The molecule has 0 spiro atoms. The van der Waals surface area contributed by atoms with E-state index in [1.54, 1.807) is 0 Å². The number of carbonyl (C=O) groups is 1. The lowest BCUT2D eigenvalue weighted by molar-refractivity contribution is -0.429. The molecule has 142 valence electrons. The van der Waals surface area contributed by atoms with Crippen LogP contribution < -0.4 is 4.90 Å². The Balaban J connectivity index is 2.25. The number of rotatable bonds is 3. The second-order valence-electron chi connectivity index (χ2n) is 7.61. The predicted octanol–water partition coefficient (Wildman–Crippen LogP) is 4.27. The van der Waals surface area contributed by atoms with Crippen LogP contribution in [0.1, 0.15) is 33.4 Å². The molecule has 2 aromatic carbocycles. The first-order valence-corrected chi connectivity index (χ1v) is 9.40. The molecule has 0 N–H and O–H groups in total. The molecular formula is C23H29N2O2+. The van der Waals surface area contributed by atoms with Gasteiger partial charge in [-0.25, -0.2) is 14.3 Å². The van der Waals surface area contributed by atoms with E-state index in [1.165, 1.54) is 40.5 Å². The van der Waals surface area contributed by atoms with Crippen molar-refractivity contribution in [1.82, 2.24) is 0 Å². The molecule has 0 unspecified atom stereocenters. The van der Waals surface area contributed by atoms with E-state index in [2.05, 4.69) is 75.3 Å². The van der Waals surface area contributed by atoms with E-state index in [9.17, 15) is 4.79 Å². The summed E-state index contributed by atoms with van der Waals surface area (Å²) in [4.78, 5) is 14.9. The third-order valence-electron chi connectivity index (χ3n) is 5.24. The largest absolute Gasteiger partial charge is 0.460 e. The zero-order chi connectivity index (χ0) is 19.9. The Morgan fingerprint density at radius 3 is 1.85 bits per heavy atom. The van der Waals surface area contributed by atoms with Crippen molar-refractivity contribution in [1.29, 1.82) is 0 Å². The number of hydrogen-bond donors (Lipinski definition) is 0. The highest BCUT2D eigenvalue weighted by molar-refractivity contribution is 6.39. The van der Waals surface area contributed by atoms with Gasteiger partial charge in [-0.1, -0.05) is 35.4 Å². The molecule has 1 heterocycles. The van der Waals surface area contributed by atoms with E-state index in [-0.39, 0.29) is 5.97 Å². The number of aryl methyl sites for hydroxylation is 6. The molecule has 0 amide bonds. The Labute approximate surface area is 162 Å². The number of benzene rings is 2. The number of carbonyl (C=O) groups excluding carboxylic acids is 1. The van der Waals surface area contributed by atoms with Gasteiger partial charge < -0.3 is 4.74 Å². The van der Waals surface area contributed by atoms with Crippen LogP contribution in [0.3, 0.4) is 0 Å². The summed E-state index contributed by atoms with van der Waals surface area (Å²) in [5, 5.41) is 0. The Bertz CT molecular complexity index is 911. The second-order valence-corrected chi connectivity index (χ2v) is 7.61. The quantitative estimate of drug-likeness (QED) is 0.601. The highest BCUT2D eigenvalue weighted by Crippen LogP contribution is 2.32. The monoisotopic (exact) mass is 365 g/mol. The topological polar surface area (TPSA) is 32.6 Å². The first-order chi connectivity index (χ1) is 12.7. The van der Waals surface area contributed by atoms with Gasteiger partial charge in [0.05, 0.1) is 7.11 Å². The lowest BCUT2D eigenvalue weighted by atomic mass is 10.0. The second kappa shape index (κ2) is 7.18. The summed E-state index contributed by atoms with van der Waals surface area (Å²) in [6.07, 6.45) is 0. The van der Waals surface area contributed by atoms with E-state index in [0.29, 0.717) is 5.84 Å². The fourth-order valence-corrected chi connectivity index (χ4v) is 4.50. The van der Waals surface area contributed by atoms with Crippen LogP contribution in [0, 0.1) is 41.5 Å². The Hall–Kier alpha value is -2.62. The maximum absolute atomic E-state index is 12.8. The summed E-state index contributed by atoms with van der Waals surface area (Å²) in [5.74, 6) is 0.300. The zero-order valence-electron chi connectivity index (χ0n) is 17.4. The first-order valence-electron chi connectivity index (χ1n) is 9.40. The summed E-state index contributed by atoms with van der Waals surface area (Å²) in [6, 6.07) is 8.68. The van der Waals surface area contributed by atoms with Crippen LogP contribution >= 0.6 is 0 Å². The van der Waals surface area contributed by atoms with Crippen LogP contribution in [0.4, 0.5) is 11.4 Å². The molecule has 0 atom stereocenters. The standard InChI is InChI=1S/C23H29N2O2/c1-14-10-16(3)20(17(4)11-14)24-8-9-25(22(24)23(26)27-7)21-18(5)12-15(2)13-19(21)6/h10-13H,8-9H2,1-7H3/q+1. The fraction of sp³-hybridized carbons (Fsp3) is 0.391. The average Bonchev–Trinajstić information content (AvgIpc) is 2.96. The molecule has 1 aliphatic heterocycles. The SMILES string of the molecule is COC(=O)C1=[N+](c2c(C)cc(C)cc2C)CCN1c1c(C)cc(C)cc1C. The molecule has 0 fully saturated rings. The summed E-state index contributed by atoms with van der Waals surface area (Å²) < 4.78 is 7.30. The fourth-order valence-electron chi connectivity index (χ4n) is 4.50. The van der Waals surface area contributed by atoms with Crippen LogP contribution in [0.2, 0.25) is 0 Å². The number of nitrogens with zero attached hydrogens (tertiary/aromatic N) is 2. The van der Waals surface area contributed by atoms with Gasteiger partial charge in [0.15, 0.2) is 0 Å². The van der Waals surface area contributed by atoms with Crippen LogP contribution in [0.15, 0.2) is 24.3 Å². The van der Waals surface area contributed by atoms with Crippen molar-refractivity contribution in [2.45, 2.75) is 41.5 Å². The number of methoxy groups -OCH3 is 1. The minimum atomic E-state index is -0.300. The first kappa shape index (κ1) is 19.2. The molecule has 0 aliphatic carbocycles. The van der Waals surface area contributed by atoms with Crippen molar-refractivity contribution in [2.24, 2.45) is 0 Å². The molecule has 27 heavy (non-hydrogen) atoms. The highest BCUT2D eigenvalue weighted by Gasteiger charge is 2.41. The number of esters is 1. The van der Waals surface area contributed by atoms with E-state index in [1.807, 2.05) is 0 Å². The molecule has 0 aromatic heterocycles. The smallest absolute Gasteiger partial charge is 0.421 e. The van der Waals surface area contributed by atoms with Gasteiger partial charge in [0, 0.05) is 0 Å². The van der Waals surface area contributed by atoms with Gasteiger partial charge in [0.25, 0.3) is 0 Å². The van der Waals surface area contributed by atoms with Crippen molar-refractivity contribution in [2.75, 3.05) is 25.1 Å². The lowest BCUT2D eigenvalue weighted by Gasteiger charge is -2.17. The molecule has 0 saturated carbocycles. The van der Waals surface area contributed by atoms with E-state index >= 15 is 0 Å². The summed E-state index contributed by atoms with van der Waals surface area (Å²) >= 11 is 0. The van der Waals surface area contributed by atoms with Crippen molar-refractivity contribution in [3.05, 3.63) is 57.6 Å². The minimum absolute atomic E-state index is 0.300. The van der Waals surface area contributed by atoms with E-state index in [4.69, 9.17) is 4.74 Å². The maximum Gasteiger partial charge on any atom is 0.421 e. The molecule has 0 saturated heterocycles. The van der Waals surface area contributed by atoms with Gasteiger partial charge in [-0.05, 0) is 63.8 Å². The summed E-state index contributed by atoms with van der Waals surface area (Å²) in [7, 11) is 1.45. The molecule has 1 aliphatic rings. The number of hydrogen-bond acceptors (Lipinski definition) is 3. The summed E-state index contributed by atoms with van der Waals surface area (Å²) in [5.41, 5.74) is 9.36. The van der Waals surface area contributed by atoms with Crippen molar-refractivity contribution in [3.63, 3.8) is 0 Å². The number of ether oxygens (including phenoxy) is 1. The Morgan fingerprint density at radius 2 is 1.37 bits per heavy atom. The van der Waals surface area contributed by atoms with Crippen LogP contribution in [-0.2, 0) is 9.53 Å². The molecule has 4 nitrogen and oxygen atoms in total. The van der Waals surface area contributed by atoms with E-state index < -0.39 is 0 Å². The molecular weight excluding hydrogens is 336 g/mol. The van der Waals surface area contributed by atoms with Crippen LogP contribution in [0.25, 0.3) is 0 Å². The summed E-state index contributed by atoms with van der Waals surface area (Å²) in [6.45, 7) is 14.1. The third kappa shape index (κ3) is 3.36. The van der Waals surface area contributed by atoms with Crippen LogP contribution in [0.5, 0.6) is 0 Å². The van der Waals surface area contributed by atoms with E-state index in [0.717, 1.165) is 24.5 Å². The normalized spacial score (nSPS) is 14.1. The zero-order valence-corrected chi connectivity index (χ0v) is 17.4.